The zero-order valence-corrected chi connectivity index (χ0v) is 10.1. The van der Waals surface area contributed by atoms with Crippen molar-refractivity contribution in [3.05, 3.63) is 35.7 Å². The third kappa shape index (κ3) is 2.42. The molecule has 0 spiro atoms. The molecule has 94 valence electrons. The molecule has 0 unspecified atom stereocenters. The van der Waals surface area contributed by atoms with E-state index in [0.717, 1.165) is 0 Å². The Bertz CT molecular complexity index is 578. The van der Waals surface area contributed by atoms with E-state index < -0.39 is 0 Å². The van der Waals surface area contributed by atoms with E-state index in [1.54, 1.807) is 31.2 Å². The van der Waals surface area contributed by atoms with Gasteiger partial charge in [0.2, 0.25) is 5.76 Å². The molecule has 1 aromatic carbocycles. The fourth-order valence-electron chi connectivity index (χ4n) is 1.45. The molecule has 0 aliphatic rings. The highest BCUT2D eigenvalue weighted by atomic mass is 16.5. The van der Waals surface area contributed by atoms with Crippen molar-refractivity contribution in [2.45, 2.75) is 6.92 Å². The Morgan fingerprint density at radius 2 is 2.22 bits per heavy atom. The molecule has 0 saturated carbocycles. The highest BCUT2D eigenvalue weighted by molar-refractivity contribution is 6.02. The number of amides is 1. The first-order valence-corrected chi connectivity index (χ1v) is 5.28. The number of rotatable bonds is 3. The SMILES string of the molecule is COc1cc(NC(=O)c2cc(C)no2)ccc1N. The lowest BCUT2D eigenvalue weighted by Crippen LogP contribution is -2.11. The fourth-order valence-corrected chi connectivity index (χ4v) is 1.45. The van der Waals surface area contributed by atoms with Gasteiger partial charge in [-0.05, 0) is 19.1 Å². The zero-order chi connectivity index (χ0) is 13.1. The average molecular weight is 247 g/mol. The van der Waals surface area contributed by atoms with Crippen LogP contribution >= 0.6 is 0 Å². The number of nitrogens with zero attached hydrogens (tertiary/aromatic N) is 1. The van der Waals surface area contributed by atoms with Gasteiger partial charge in [0.1, 0.15) is 5.75 Å². The average Bonchev–Trinajstić information content (AvgIpc) is 2.78. The summed E-state index contributed by atoms with van der Waals surface area (Å²) >= 11 is 0. The molecule has 1 aromatic heterocycles. The molecule has 0 aliphatic heterocycles. The van der Waals surface area contributed by atoms with Crippen LogP contribution in [-0.4, -0.2) is 18.2 Å². The Morgan fingerprint density at radius 1 is 1.44 bits per heavy atom. The second-order valence-electron chi connectivity index (χ2n) is 3.74. The van der Waals surface area contributed by atoms with E-state index in [4.69, 9.17) is 15.0 Å². The summed E-state index contributed by atoms with van der Waals surface area (Å²) in [6.07, 6.45) is 0. The van der Waals surface area contributed by atoms with E-state index in [1.807, 2.05) is 0 Å². The largest absolute Gasteiger partial charge is 0.495 e. The molecule has 6 nitrogen and oxygen atoms in total. The smallest absolute Gasteiger partial charge is 0.294 e. The van der Waals surface area contributed by atoms with Crippen molar-refractivity contribution in [1.29, 1.82) is 0 Å². The molecule has 0 saturated heterocycles. The van der Waals surface area contributed by atoms with Crippen LogP contribution in [0.2, 0.25) is 0 Å². The van der Waals surface area contributed by atoms with Crippen molar-refractivity contribution in [2.24, 2.45) is 0 Å². The Labute approximate surface area is 104 Å². The summed E-state index contributed by atoms with van der Waals surface area (Å²) in [5.74, 6) is 0.285. The number of carbonyl (C=O) groups excluding carboxylic acids is 1. The van der Waals surface area contributed by atoms with E-state index >= 15 is 0 Å². The number of nitrogens with two attached hydrogens (primary N) is 1. The van der Waals surface area contributed by atoms with E-state index in [-0.39, 0.29) is 11.7 Å². The van der Waals surface area contributed by atoms with Gasteiger partial charge >= 0.3 is 0 Å². The molecule has 0 fully saturated rings. The molecule has 2 aromatic rings. The summed E-state index contributed by atoms with van der Waals surface area (Å²) in [6, 6.07) is 6.53. The summed E-state index contributed by atoms with van der Waals surface area (Å²) in [7, 11) is 1.51. The first kappa shape index (κ1) is 12.0. The van der Waals surface area contributed by atoms with Crippen molar-refractivity contribution in [3.8, 4) is 5.75 Å². The number of anilines is 2. The monoisotopic (exact) mass is 247 g/mol. The maximum atomic E-state index is 11.8. The highest BCUT2D eigenvalue weighted by Crippen LogP contribution is 2.25. The maximum absolute atomic E-state index is 11.8. The first-order valence-electron chi connectivity index (χ1n) is 5.28. The zero-order valence-electron chi connectivity index (χ0n) is 10.1. The molecule has 2 rings (SSSR count). The molecule has 3 N–H and O–H groups in total. The van der Waals surface area contributed by atoms with Crippen molar-refractivity contribution < 1.29 is 14.1 Å². The summed E-state index contributed by atoms with van der Waals surface area (Å²) in [5, 5.41) is 6.31. The van der Waals surface area contributed by atoms with Gasteiger partial charge in [-0.2, -0.15) is 0 Å². The lowest BCUT2D eigenvalue weighted by molar-refractivity contribution is 0.0988. The molecular weight excluding hydrogens is 234 g/mol. The van der Waals surface area contributed by atoms with Gasteiger partial charge in [0.15, 0.2) is 0 Å². The van der Waals surface area contributed by atoms with Crippen LogP contribution in [-0.2, 0) is 0 Å². The van der Waals surface area contributed by atoms with Crippen LogP contribution in [0.4, 0.5) is 11.4 Å². The predicted octanol–water partition coefficient (Wildman–Crippen LogP) is 1.83. The standard InChI is InChI=1S/C12H13N3O3/c1-7-5-11(18-15-7)12(16)14-8-3-4-9(13)10(6-8)17-2/h3-6H,13H2,1-2H3,(H,14,16). The van der Waals surface area contributed by atoms with Crippen LogP contribution in [0.25, 0.3) is 0 Å². The third-order valence-corrected chi connectivity index (χ3v) is 2.34. The van der Waals surface area contributed by atoms with Crippen LogP contribution < -0.4 is 15.8 Å². The fraction of sp³-hybridized carbons (Fsp3) is 0.167. The number of methoxy groups -OCH3 is 1. The van der Waals surface area contributed by atoms with Gasteiger partial charge in [0.25, 0.3) is 5.91 Å². The Hall–Kier alpha value is -2.50. The van der Waals surface area contributed by atoms with Crippen molar-refractivity contribution in [1.82, 2.24) is 5.16 Å². The van der Waals surface area contributed by atoms with E-state index in [2.05, 4.69) is 10.5 Å². The van der Waals surface area contributed by atoms with Crippen LogP contribution in [0.5, 0.6) is 5.75 Å². The van der Waals surface area contributed by atoms with Gasteiger partial charge < -0.3 is 20.3 Å². The lowest BCUT2D eigenvalue weighted by atomic mass is 10.2. The molecule has 18 heavy (non-hydrogen) atoms. The van der Waals surface area contributed by atoms with Gasteiger partial charge in [-0.15, -0.1) is 0 Å². The third-order valence-electron chi connectivity index (χ3n) is 2.34. The first-order chi connectivity index (χ1) is 8.60. The van der Waals surface area contributed by atoms with Gasteiger partial charge in [-0.1, -0.05) is 5.16 Å². The number of hydrogen-bond donors (Lipinski definition) is 2. The molecule has 1 amide bonds. The van der Waals surface area contributed by atoms with E-state index in [9.17, 15) is 4.79 Å². The number of hydrogen-bond acceptors (Lipinski definition) is 5. The molecule has 1 heterocycles. The topological polar surface area (TPSA) is 90.4 Å². The summed E-state index contributed by atoms with van der Waals surface area (Å²) in [5.41, 5.74) is 7.40. The molecule has 6 heteroatoms. The predicted molar refractivity (Wildman–Crippen MR) is 66.6 cm³/mol. The summed E-state index contributed by atoms with van der Waals surface area (Å²) in [4.78, 5) is 11.8. The number of nitrogens with one attached hydrogen (secondary N) is 1. The second kappa shape index (κ2) is 4.79. The lowest BCUT2D eigenvalue weighted by Gasteiger charge is -2.07. The number of nitrogen functional groups attached to an aromatic ring is 1. The van der Waals surface area contributed by atoms with Gasteiger partial charge in [0.05, 0.1) is 18.5 Å². The molecule has 0 atom stereocenters. The molecular formula is C12H13N3O3. The number of benzene rings is 1. The molecule has 0 bridgehead atoms. The van der Waals surface area contributed by atoms with Crippen molar-refractivity contribution >= 4 is 17.3 Å². The normalized spacial score (nSPS) is 10.1. The minimum Gasteiger partial charge on any atom is -0.495 e. The van der Waals surface area contributed by atoms with Gasteiger partial charge in [-0.25, -0.2) is 0 Å². The Balaban J connectivity index is 2.16. The van der Waals surface area contributed by atoms with Crippen LogP contribution in [0, 0.1) is 6.92 Å². The summed E-state index contributed by atoms with van der Waals surface area (Å²) in [6.45, 7) is 1.74. The van der Waals surface area contributed by atoms with Crippen LogP contribution in [0.3, 0.4) is 0 Å². The second-order valence-corrected chi connectivity index (χ2v) is 3.74. The maximum Gasteiger partial charge on any atom is 0.294 e. The highest BCUT2D eigenvalue weighted by Gasteiger charge is 2.12. The number of carbonyl (C=O) groups is 1. The Morgan fingerprint density at radius 3 is 2.83 bits per heavy atom. The minimum atomic E-state index is -0.373. The van der Waals surface area contributed by atoms with Gasteiger partial charge in [-0.3, -0.25) is 4.79 Å². The number of aromatic nitrogens is 1. The number of ether oxygens (including phenoxy) is 1. The van der Waals surface area contributed by atoms with Gasteiger partial charge in [0, 0.05) is 17.8 Å². The molecule has 0 radical (unpaired) electrons. The molecule has 0 aliphatic carbocycles. The van der Waals surface area contributed by atoms with E-state index in [1.165, 1.54) is 7.11 Å². The summed E-state index contributed by atoms with van der Waals surface area (Å²) < 4.78 is 9.93. The Kier molecular flexibility index (Phi) is 3.18. The minimum absolute atomic E-state index is 0.156. The number of aryl methyl sites for hydroxylation is 1. The van der Waals surface area contributed by atoms with Crippen molar-refractivity contribution in [2.75, 3.05) is 18.2 Å². The van der Waals surface area contributed by atoms with Crippen LogP contribution in [0.1, 0.15) is 16.2 Å². The quantitative estimate of drug-likeness (QED) is 0.807. The van der Waals surface area contributed by atoms with E-state index in [0.29, 0.717) is 22.8 Å². The van der Waals surface area contributed by atoms with Crippen molar-refractivity contribution in [3.63, 3.8) is 0 Å². The van der Waals surface area contributed by atoms with Crippen LogP contribution in [0.15, 0.2) is 28.8 Å².